The predicted octanol–water partition coefficient (Wildman–Crippen LogP) is 2.70. The van der Waals surface area contributed by atoms with Gasteiger partial charge in [0.2, 0.25) is 5.91 Å². The maximum absolute atomic E-state index is 13.1. The normalized spacial score (nSPS) is 29.6. The molecule has 1 spiro atoms. The molecule has 1 aromatic heterocycles. The maximum atomic E-state index is 13.1. The Kier molecular flexibility index (Phi) is 4.55. The van der Waals surface area contributed by atoms with E-state index in [-0.39, 0.29) is 17.1 Å². The maximum Gasteiger partial charge on any atom is 0.226 e. The molecule has 5 rings (SSSR count). The second-order valence-corrected chi connectivity index (χ2v) is 10.0. The van der Waals surface area contributed by atoms with Gasteiger partial charge in [-0.2, -0.15) is 0 Å². The summed E-state index contributed by atoms with van der Waals surface area (Å²) in [6.07, 6.45) is 9.22. The average Bonchev–Trinajstić information content (AvgIpc) is 3.40. The largest absolute Gasteiger partial charge is 0.376 e. The quantitative estimate of drug-likeness (QED) is 0.868. The van der Waals surface area contributed by atoms with Gasteiger partial charge >= 0.3 is 0 Å². The predicted molar refractivity (Wildman–Crippen MR) is 107 cm³/mol. The molecule has 3 fully saturated rings. The molecule has 4 heterocycles. The molecule has 1 atom stereocenters. The van der Waals surface area contributed by atoms with E-state index < -0.39 is 0 Å². The number of H-pyrrole nitrogens is 1. The van der Waals surface area contributed by atoms with Crippen LogP contribution in [-0.4, -0.2) is 64.1 Å². The molecule has 1 aromatic rings. The van der Waals surface area contributed by atoms with Crippen LogP contribution in [0.25, 0.3) is 0 Å². The summed E-state index contributed by atoms with van der Waals surface area (Å²) < 4.78 is 5.90. The number of nitrogens with one attached hydrogen (secondary N) is 1. The number of carbonyl (C=O) groups excluding carboxylic acids is 1. The van der Waals surface area contributed by atoms with Gasteiger partial charge in [-0.05, 0) is 58.3 Å². The van der Waals surface area contributed by atoms with E-state index in [9.17, 15) is 4.79 Å². The van der Waals surface area contributed by atoms with Crippen molar-refractivity contribution in [1.82, 2.24) is 19.8 Å². The molecule has 0 bridgehead atoms. The van der Waals surface area contributed by atoms with Crippen LogP contribution in [0.2, 0.25) is 0 Å². The smallest absolute Gasteiger partial charge is 0.226 e. The molecule has 2 saturated heterocycles. The molecule has 6 nitrogen and oxygen atoms in total. The second-order valence-electron chi connectivity index (χ2n) is 10.0. The number of ether oxygens (including phenoxy) is 1. The molecule has 0 unspecified atom stereocenters. The number of hydrogen-bond acceptors (Lipinski definition) is 4. The molecule has 28 heavy (non-hydrogen) atoms. The lowest BCUT2D eigenvalue weighted by atomic mass is 9.78. The molecule has 1 aliphatic carbocycles. The third kappa shape index (κ3) is 3.28. The molecule has 0 radical (unpaired) electrons. The minimum absolute atomic E-state index is 0.0146. The summed E-state index contributed by atoms with van der Waals surface area (Å²) in [4.78, 5) is 26.0. The summed E-state index contributed by atoms with van der Waals surface area (Å²) >= 11 is 0. The van der Waals surface area contributed by atoms with Gasteiger partial charge in [-0.1, -0.05) is 0 Å². The highest BCUT2D eigenvalue weighted by molar-refractivity contribution is 5.82. The van der Waals surface area contributed by atoms with Crippen molar-refractivity contribution in [3.8, 4) is 0 Å². The first kappa shape index (κ1) is 18.6. The van der Waals surface area contributed by atoms with E-state index >= 15 is 0 Å². The number of aromatic nitrogens is 2. The highest BCUT2D eigenvalue weighted by atomic mass is 16.5. The number of fused-ring (bicyclic) bond motifs is 2. The van der Waals surface area contributed by atoms with Gasteiger partial charge in [0.1, 0.15) is 0 Å². The number of amides is 1. The summed E-state index contributed by atoms with van der Waals surface area (Å²) in [7, 11) is 0. The summed E-state index contributed by atoms with van der Waals surface area (Å²) in [6, 6.07) is 0. The van der Waals surface area contributed by atoms with Gasteiger partial charge in [0.05, 0.1) is 23.2 Å². The van der Waals surface area contributed by atoms with Crippen molar-refractivity contribution in [3.63, 3.8) is 0 Å². The van der Waals surface area contributed by atoms with Crippen LogP contribution in [0, 0.1) is 11.8 Å². The first-order valence-corrected chi connectivity index (χ1v) is 11.2. The summed E-state index contributed by atoms with van der Waals surface area (Å²) in [5.41, 5.74) is 2.23. The highest BCUT2D eigenvalue weighted by Crippen LogP contribution is 2.45. The lowest BCUT2D eigenvalue weighted by Crippen LogP contribution is -2.59. The van der Waals surface area contributed by atoms with Crippen molar-refractivity contribution in [1.29, 1.82) is 0 Å². The van der Waals surface area contributed by atoms with Crippen molar-refractivity contribution in [3.05, 3.63) is 17.7 Å². The van der Waals surface area contributed by atoms with Gasteiger partial charge in [0.15, 0.2) is 0 Å². The van der Waals surface area contributed by atoms with Crippen molar-refractivity contribution in [2.45, 2.75) is 69.9 Å². The molecule has 3 aliphatic heterocycles. The van der Waals surface area contributed by atoms with Crippen LogP contribution in [0.15, 0.2) is 6.33 Å². The number of imidazole rings is 1. The van der Waals surface area contributed by atoms with Crippen LogP contribution in [-0.2, 0) is 21.5 Å². The molecular formula is C22H34N4O2. The van der Waals surface area contributed by atoms with E-state index in [1.54, 1.807) is 0 Å². The van der Waals surface area contributed by atoms with E-state index in [1.165, 1.54) is 12.1 Å². The van der Waals surface area contributed by atoms with Crippen molar-refractivity contribution in [2.75, 3.05) is 32.8 Å². The molecule has 0 aromatic carbocycles. The standard InChI is InChI=1S/C22H34N4O2/c1-21(2)13-16(6-12-28-21)14-25-10-7-22(8-11-25)19-18(23-15-24-19)5-9-26(22)20(27)17-3-4-17/h15-17H,3-14H2,1-2H3,(H,23,24)/t16-/m0/s1. The fraction of sp³-hybridized carbons (Fsp3) is 0.818. The molecule has 1 amide bonds. The van der Waals surface area contributed by atoms with Gasteiger partial charge < -0.3 is 19.5 Å². The molecule has 1 saturated carbocycles. The van der Waals surface area contributed by atoms with Crippen LogP contribution >= 0.6 is 0 Å². The number of aromatic amines is 1. The zero-order valence-corrected chi connectivity index (χ0v) is 17.4. The van der Waals surface area contributed by atoms with Crippen LogP contribution < -0.4 is 0 Å². The molecule has 4 aliphatic rings. The Morgan fingerprint density at radius 2 is 2.04 bits per heavy atom. The van der Waals surface area contributed by atoms with Gasteiger partial charge in [-0.3, -0.25) is 4.79 Å². The average molecular weight is 387 g/mol. The number of hydrogen-bond donors (Lipinski definition) is 1. The van der Waals surface area contributed by atoms with Gasteiger partial charge in [-0.15, -0.1) is 0 Å². The number of piperidine rings is 1. The zero-order valence-electron chi connectivity index (χ0n) is 17.4. The molecular weight excluding hydrogens is 352 g/mol. The van der Waals surface area contributed by atoms with Crippen molar-refractivity contribution in [2.24, 2.45) is 11.8 Å². The monoisotopic (exact) mass is 386 g/mol. The number of likely N-dealkylation sites (tertiary alicyclic amines) is 1. The number of rotatable bonds is 3. The van der Waals surface area contributed by atoms with E-state index in [4.69, 9.17) is 9.72 Å². The van der Waals surface area contributed by atoms with E-state index in [1.807, 2.05) is 6.33 Å². The third-order valence-corrected chi connectivity index (χ3v) is 7.45. The lowest BCUT2D eigenvalue weighted by Gasteiger charge is -2.51. The van der Waals surface area contributed by atoms with E-state index in [0.29, 0.717) is 11.8 Å². The van der Waals surface area contributed by atoms with E-state index in [2.05, 4.69) is 28.6 Å². The first-order chi connectivity index (χ1) is 13.5. The Morgan fingerprint density at radius 1 is 1.25 bits per heavy atom. The van der Waals surface area contributed by atoms with Gasteiger partial charge in [-0.25, -0.2) is 4.98 Å². The SMILES string of the molecule is CC1(C)C[C@@H](CN2CCC3(CC2)c2nc[nH]c2CCN3C(=O)C2CC2)CCO1. The van der Waals surface area contributed by atoms with Crippen LogP contribution in [0.4, 0.5) is 0 Å². The second kappa shape index (κ2) is 6.84. The van der Waals surface area contributed by atoms with Gasteiger partial charge in [0, 0.05) is 50.8 Å². The fourth-order valence-electron chi connectivity index (χ4n) is 5.84. The highest BCUT2D eigenvalue weighted by Gasteiger charge is 2.51. The molecule has 1 N–H and O–H groups in total. The minimum atomic E-state index is -0.182. The minimum Gasteiger partial charge on any atom is -0.376 e. The van der Waals surface area contributed by atoms with Crippen LogP contribution in [0.3, 0.4) is 0 Å². The Morgan fingerprint density at radius 3 is 2.75 bits per heavy atom. The number of nitrogens with zero attached hydrogens (tertiary/aromatic N) is 3. The van der Waals surface area contributed by atoms with Crippen LogP contribution in [0.1, 0.15) is 63.8 Å². The van der Waals surface area contributed by atoms with Crippen molar-refractivity contribution >= 4 is 5.91 Å². The molecule has 154 valence electrons. The third-order valence-electron chi connectivity index (χ3n) is 7.45. The van der Waals surface area contributed by atoms with Crippen molar-refractivity contribution < 1.29 is 9.53 Å². The lowest BCUT2D eigenvalue weighted by molar-refractivity contribution is -0.143. The Balaban J connectivity index is 1.31. The topological polar surface area (TPSA) is 61.5 Å². The Hall–Kier alpha value is -1.40. The summed E-state index contributed by atoms with van der Waals surface area (Å²) in [5.74, 6) is 1.38. The fourth-order valence-corrected chi connectivity index (χ4v) is 5.84. The molecule has 6 heteroatoms. The first-order valence-electron chi connectivity index (χ1n) is 11.2. The van der Waals surface area contributed by atoms with E-state index in [0.717, 1.165) is 77.0 Å². The summed E-state index contributed by atoms with van der Waals surface area (Å²) in [5, 5.41) is 0. The van der Waals surface area contributed by atoms with Gasteiger partial charge in [0.25, 0.3) is 0 Å². The zero-order chi connectivity index (χ0) is 19.4. The Labute approximate surface area is 168 Å². The number of carbonyl (C=O) groups is 1. The Bertz CT molecular complexity index is 731. The summed E-state index contributed by atoms with van der Waals surface area (Å²) in [6.45, 7) is 9.43. The van der Waals surface area contributed by atoms with Crippen LogP contribution in [0.5, 0.6) is 0 Å².